The highest BCUT2D eigenvalue weighted by atomic mass is 16.3. The third kappa shape index (κ3) is 5.10. The van der Waals surface area contributed by atoms with Crippen molar-refractivity contribution in [3.05, 3.63) is 18.0 Å². The first-order valence-corrected chi connectivity index (χ1v) is 6.19. The van der Waals surface area contributed by atoms with Gasteiger partial charge in [-0.25, -0.2) is 9.97 Å². The minimum absolute atomic E-state index is 0.146. The van der Waals surface area contributed by atoms with Crippen LogP contribution in [0.2, 0.25) is 0 Å². The quantitative estimate of drug-likeness (QED) is 0.634. The predicted molar refractivity (Wildman–Crippen MR) is 68.8 cm³/mol. The molecule has 0 radical (unpaired) electrons. The maximum atomic E-state index is 9.04. The lowest BCUT2D eigenvalue weighted by molar-refractivity contribution is 0.238. The fraction of sp³-hybridized carbons (Fsp3) is 0.667. The van der Waals surface area contributed by atoms with Gasteiger partial charge in [-0.1, -0.05) is 13.8 Å². The van der Waals surface area contributed by atoms with Crippen LogP contribution in [0.15, 0.2) is 12.4 Å². The molecule has 0 fully saturated rings. The van der Waals surface area contributed by atoms with Gasteiger partial charge in [0.2, 0.25) is 5.95 Å². The van der Waals surface area contributed by atoms with Crippen LogP contribution in [0.4, 0.5) is 5.95 Å². The van der Waals surface area contributed by atoms with E-state index in [2.05, 4.69) is 27.5 Å². The summed E-state index contributed by atoms with van der Waals surface area (Å²) in [5.41, 5.74) is 1.03. The van der Waals surface area contributed by atoms with Gasteiger partial charge >= 0.3 is 0 Å². The summed E-state index contributed by atoms with van der Waals surface area (Å²) in [6, 6.07) is 0.146. The topological polar surface area (TPSA) is 70.1 Å². The first-order chi connectivity index (χ1) is 8.30. The Morgan fingerprint density at radius 1 is 1.29 bits per heavy atom. The van der Waals surface area contributed by atoms with E-state index < -0.39 is 0 Å². The maximum absolute atomic E-state index is 9.04. The highest BCUT2D eigenvalue weighted by Gasteiger charge is 2.03. The smallest absolute Gasteiger partial charge is 0.222 e. The van der Waals surface area contributed by atoms with Gasteiger partial charge in [0.1, 0.15) is 0 Å². The molecular weight excluding hydrogens is 216 g/mol. The molecule has 1 atom stereocenters. The molecule has 17 heavy (non-hydrogen) atoms. The van der Waals surface area contributed by atoms with E-state index in [4.69, 9.17) is 5.11 Å². The van der Waals surface area contributed by atoms with Crippen LogP contribution in [0.3, 0.4) is 0 Å². The maximum Gasteiger partial charge on any atom is 0.222 e. The Morgan fingerprint density at radius 2 is 2.00 bits per heavy atom. The number of aromatic nitrogens is 2. The van der Waals surface area contributed by atoms with Crippen molar-refractivity contribution in [2.75, 3.05) is 18.5 Å². The second-order valence-electron chi connectivity index (χ2n) is 4.01. The molecule has 0 aromatic carbocycles. The molecule has 0 saturated carbocycles. The van der Waals surface area contributed by atoms with Gasteiger partial charge in [-0.2, -0.15) is 0 Å². The molecule has 1 rings (SSSR count). The predicted octanol–water partition coefficient (Wildman–Crippen LogP) is 1.16. The molecule has 0 saturated heterocycles. The molecule has 0 aliphatic heterocycles. The van der Waals surface area contributed by atoms with E-state index in [1.54, 1.807) is 0 Å². The van der Waals surface area contributed by atoms with Crippen LogP contribution in [-0.2, 0) is 6.54 Å². The summed E-state index contributed by atoms with van der Waals surface area (Å²) in [6.45, 7) is 5.88. The second kappa shape index (κ2) is 7.97. The number of hydrogen-bond donors (Lipinski definition) is 3. The zero-order valence-electron chi connectivity index (χ0n) is 10.6. The molecule has 0 unspecified atom stereocenters. The highest BCUT2D eigenvalue weighted by Crippen LogP contribution is 2.01. The van der Waals surface area contributed by atoms with Crippen molar-refractivity contribution in [2.24, 2.45) is 0 Å². The third-order valence-electron chi connectivity index (χ3n) is 2.55. The Bertz CT molecular complexity index is 298. The van der Waals surface area contributed by atoms with Crippen molar-refractivity contribution in [2.45, 2.75) is 39.3 Å². The number of aliphatic hydroxyl groups excluding tert-OH is 1. The van der Waals surface area contributed by atoms with Crippen molar-refractivity contribution < 1.29 is 5.11 Å². The summed E-state index contributed by atoms with van der Waals surface area (Å²) in [6.07, 6.45) is 5.58. The van der Waals surface area contributed by atoms with Crippen molar-refractivity contribution in [3.8, 4) is 0 Å². The summed E-state index contributed by atoms with van der Waals surface area (Å²) in [5, 5.41) is 15.4. The average molecular weight is 238 g/mol. The van der Waals surface area contributed by atoms with E-state index in [1.807, 2.05) is 19.3 Å². The molecule has 1 aromatic heterocycles. The van der Waals surface area contributed by atoms with Gasteiger partial charge in [0.25, 0.3) is 0 Å². The Balaban J connectivity index is 2.39. The molecule has 1 heterocycles. The largest absolute Gasteiger partial charge is 0.395 e. The summed E-state index contributed by atoms with van der Waals surface area (Å²) in [7, 11) is 0. The number of rotatable bonds is 8. The summed E-state index contributed by atoms with van der Waals surface area (Å²) < 4.78 is 0. The molecule has 0 amide bonds. The standard InChI is InChI=1S/C12H22N4O/c1-3-5-13-12-15-7-10(8-16-12)6-14-11(4-2)9-17/h7-8,11,14,17H,3-6,9H2,1-2H3,(H,13,15,16)/t11-/m1/s1. The van der Waals surface area contributed by atoms with Crippen molar-refractivity contribution in [3.63, 3.8) is 0 Å². The third-order valence-corrected chi connectivity index (χ3v) is 2.55. The molecule has 96 valence electrons. The lowest BCUT2D eigenvalue weighted by Gasteiger charge is -2.13. The summed E-state index contributed by atoms with van der Waals surface area (Å²) in [5.74, 6) is 0.671. The molecule has 0 aliphatic carbocycles. The van der Waals surface area contributed by atoms with E-state index in [9.17, 15) is 0 Å². The van der Waals surface area contributed by atoms with E-state index >= 15 is 0 Å². The second-order valence-corrected chi connectivity index (χ2v) is 4.01. The molecule has 5 heteroatoms. The highest BCUT2D eigenvalue weighted by molar-refractivity contribution is 5.24. The van der Waals surface area contributed by atoms with Gasteiger partial charge in [-0.3, -0.25) is 0 Å². The van der Waals surface area contributed by atoms with Crippen LogP contribution in [0.1, 0.15) is 32.3 Å². The fourth-order valence-electron chi connectivity index (χ4n) is 1.37. The van der Waals surface area contributed by atoms with Crippen molar-refractivity contribution in [1.82, 2.24) is 15.3 Å². The van der Waals surface area contributed by atoms with Crippen LogP contribution in [0.5, 0.6) is 0 Å². The van der Waals surface area contributed by atoms with E-state index in [1.165, 1.54) is 0 Å². The van der Waals surface area contributed by atoms with Gasteiger partial charge < -0.3 is 15.7 Å². The SMILES string of the molecule is CCCNc1ncc(CN[C@H](CC)CO)cn1. The van der Waals surface area contributed by atoms with Crippen LogP contribution in [0.25, 0.3) is 0 Å². The zero-order chi connectivity index (χ0) is 12.5. The fourth-order valence-corrected chi connectivity index (χ4v) is 1.37. The minimum atomic E-state index is 0.146. The van der Waals surface area contributed by atoms with Crippen LogP contribution in [0, 0.1) is 0 Å². The lowest BCUT2D eigenvalue weighted by Crippen LogP contribution is -2.31. The van der Waals surface area contributed by atoms with Gasteiger partial charge in [0.05, 0.1) is 6.61 Å². The van der Waals surface area contributed by atoms with Gasteiger partial charge in [-0.15, -0.1) is 0 Å². The van der Waals surface area contributed by atoms with Crippen LogP contribution < -0.4 is 10.6 Å². The number of nitrogens with zero attached hydrogens (tertiary/aromatic N) is 2. The Morgan fingerprint density at radius 3 is 2.53 bits per heavy atom. The molecule has 1 aromatic rings. The molecular formula is C12H22N4O. The Hall–Kier alpha value is -1.20. The molecule has 5 nitrogen and oxygen atoms in total. The van der Waals surface area contributed by atoms with Crippen LogP contribution >= 0.6 is 0 Å². The average Bonchev–Trinajstić information content (AvgIpc) is 2.39. The van der Waals surface area contributed by atoms with Gasteiger partial charge in [0.15, 0.2) is 0 Å². The van der Waals surface area contributed by atoms with Crippen LogP contribution in [-0.4, -0.2) is 34.3 Å². The first-order valence-electron chi connectivity index (χ1n) is 6.19. The lowest BCUT2D eigenvalue weighted by atomic mass is 10.2. The molecule has 0 spiro atoms. The Labute approximate surface area is 103 Å². The van der Waals surface area contributed by atoms with Crippen molar-refractivity contribution >= 4 is 5.95 Å². The summed E-state index contributed by atoms with van der Waals surface area (Å²) in [4.78, 5) is 8.44. The van der Waals surface area contributed by atoms with E-state index in [-0.39, 0.29) is 12.6 Å². The Kier molecular flexibility index (Phi) is 6.50. The number of hydrogen-bond acceptors (Lipinski definition) is 5. The number of anilines is 1. The van der Waals surface area contributed by atoms with E-state index in [0.29, 0.717) is 12.5 Å². The monoisotopic (exact) mass is 238 g/mol. The molecule has 0 bridgehead atoms. The zero-order valence-corrected chi connectivity index (χ0v) is 10.6. The van der Waals surface area contributed by atoms with Crippen molar-refractivity contribution in [1.29, 1.82) is 0 Å². The minimum Gasteiger partial charge on any atom is -0.395 e. The van der Waals surface area contributed by atoms with Gasteiger partial charge in [0, 0.05) is 37.1 Å². The van der Waals surface area contributed by atoms with Gasteiger partial charge in [-0.05, 0) is 12.8 Å². The normalized spacial score (nSPS) is 12.4. The summed E-state index contributed by atoms with van der Waals surface area (Å²) >= 11 is 0. The van der Waals surface area contributed by atoms with E-state index in [0.717, 1.165) is 24.9 Å². The number of nitrogens with one attached hydrogen (secondary N) is 2. The molecule has 3 N–H and O–H groups in total. The number of aliphatic hydroxyl groups is 1. The molecule has 0 aliphatic rings. The first kappa shape index (κ1) is 13.9.